The predicted octanol–water partition coefficient (Wildman–Crippen LogP) is 2.95. The van der Waals surface area contributed by atoms with E-state index in [0.29, 0.717) is 13.0 Å². The summed E-state index contributed by atoms with van der Waals surface area (Å²) >= 11 is 0. The van der Waals surface area contributed by atoms with Crippen LogP contribution >= 0.6 is 0 Å². The van der Waals surface area contributed by atoms with Crippen LogP contribution in [0.15, 0.2) is 0 Å². The Morgan fingerprint density at radius 1 is 1.50 bits per heavy atom. The van der Waals surface area contributed by atoms with Crippen molar-refractivity contribution in [2.24, 2.45) is 0 Å². The van der Waals surface area contributed by atoms with E-state index < -0.39 is 18.0 Å². The van der Waals surface area contributed by atoms with Gasteiger partial charge in [0, 0.05) is 6.54 Å². The van der Waals surface area contributed by atoms with Gasteiger partial charge < -0.3 is 4.74 Å². The lowest BCUT2D eigenvalue weighted by molar-refractivity contribution is 0.000951. The summed E-state index contributed by atoms with van der Waals surface area (Å²) in [4.78, 5) is 12.5. The van der Waals surface area contributed by atoms with Crippen LogP contribution in [0.3, 0.4) is 0 Å². The van der Waals surface area contributed by atoms with Gasteiger partial charge in [0.15, 0.2) is 6.30 Å². The lowest BCUT2D eigenvalue weighted by atomic mass is 10.2. The SMILES string of the molecule is CCCN(C(=O)OC(C)(C)C)C(C)F. The number of halogens is 1. The third-order valence-corrected chi connectivity index (χ3v) is 1.52. The minimum atomic E-state index is -1.30. The van der Waals surface area contributed by atoms with E-state index in [-0.39, 0.29) is 0 Å². The van der Waals surface area contributed by atoms with Gasteiger partial charge in [0.2, 0.25) is 0 Å². The van der Waals surface area contributed by atoms with Crippen molar-refractivity contribution >= 4 is 6.09 Å². The first-order valence-corrected chi connectivity index (χ1v) is 4.91. The van der Waals surface area contributed by atoms with E-state index in [4.69, 9.17) is 4.74 Å². The summed E-state index contributed by atoms with van der Waals surface area (Å²) in [5, 5.41) is 0. The molecule has 0 aromatic rings. The highest BCUT2D eigenvalue weighted by Crippen LogP contribution is 2.12. The van der Waals surface area contributed by atoms with Crippen LogP contribution in [0.1, 0.15) is 41.0 Å². The lowest BCUT2D eigenvalue weighted by Crippen LogP contribution is -2.40. The average Bonchev–Trinajstić information content (AvgIpc) is 1.95. The maximum Gasteiger partial charge on any atom is 0.412 e. The number of carbonyl (C=O) groups excluding carboxylic acids is 1. The van der Waals surface area contributed by atoms with Gasteiger partial charge in [0.05, 0.1) is 0 Å². The van der Waals surface area contributed by atoms with Crippen molar-refractivity contribution < 1.29 is 13.9 Å². The average molecular weight is 205 g/mol. The first kappa shape index (κ1) is 13.2. The van der Waals surface area contributed by atoms with E-state index in [9.17, 15) is 9.18 Å². The Bertz CT molecular complexity index is 187. The van der Waals surface area contributed by atoms with E-state index in [1.165, 1.54) is 6.92 Å². The molecular weight excluding hydrogens is 185 g/mol. The molecule has 1 atom stereocenters. The molecule has 0 rings (SSSR count). The highest BCUT2D eigenvalue weighted by Gasteiger charge is 2.24. The molecule has 0 spiro atoms. The molecule has 3 nitrogen and oxygen atoms in total. The van der Waals surface area contributed by atoms with Gasteiger partial charge in [-0.1, -0.05) is 6.92 Å². The van der Waals surface area contributed by atoms with E-state index in [2.05, 4.69) is 0 Å². The van der Waals surface area contributed by atoms with Crippen LogP contribution in [0.25, 0.3) is 0 Å². The molecular formula is C10H20FNO2. The zero-order valence-electron chi connectivity index (χ0n) is 9.63. The van der Waals surface area contributed by atoms with Crippen molar-refractivity contribution in [2.75, 3.05) is 6.54 Å². The third-order valence-electron chi connectivity index (χ3n) is 1.52. The Balaban J connectivity index is 4.30. The van der Waals surface area contributed by atoms with Crippen LogP contribution in [0.4, 0.5) is 9.18 Å². The first-order valence-electron chi connectivity index (χ1n) is 4.91. The molecule has 0 N–H and O–H groups in total. The number of rotatable bonds is 3. The van der Waals surface area contributed by atoms with Crippen molar-refractivity contribution in [3.05, 3.63) is 0 Å². The summed E-state index contributed by atoms with van der Waals surface area (Å²) < 4.78 is 18.1. The second-order valence-corrected chi connectivity index (χ2v) is 4.25. The maximum atomic E-state index is 13.0. The second-order valence-electron chi connectivity index (χ2n) is 4.25. The summed E-state index contributed by atoms with van der Waals surface area (Å²) in [6, 6.07) is 0. The number of alkyl halides is 1. The highest BCUT2D eigenvalue weighted by atomic mass is 19.1. The molecule has 1 unspecified atom stereocenters. The smallest absolute Gasteiger partial charge is 0.412 e. The molecule has 1 amide bonds. The number of nitrogens with zero attached hydrogens (tertiary/aromatic N) is 1. The van der Waals surface area contributed by atoms with Crippen molar-refractivity contribution in [1.29, 1.82) is 0 Å². The zero-order chi connectivity index (χ0) is 11.4. The largest absolute Gasteiger partial charge is 0.444 e. The minimum Gasteiger partial charge on any atom is -0.444 e. The Morgan fingerprint density at radius 2 is 2.00 bits per heavy atom. The molecule has 0 bridgehead atoms. The fourth-order valence-corrected chi connectivity index (χ4v) is 0.976. The quantitative estimate of drug-likeness (QED) is 0.663. The lowest BCUT2D eigenvalue weighted by Gasteiger charge is -2.27. The fourth-order valence-electron chi connectivity index (χ4n) is 0.976. The Kier molecular flexibility index (Phi) is 4.88. The molecule has 0 aromatic heterocycles. The van der Waals surface area contributed by atoms with E-state index in [1.807, 2.05) is 6.92 Å². The molecule has 0 saturated carbocycles. The van der Waals surface area contributed by atoms with E-state index in [1.54, 1.807) is 20.8 Å². The molecule has 0 aliphatic rings. The Hall–Kier alpha value is -0.800. The van der Waals surface area contributed by atoms with Crippen molar-refractivity contribution in [3.63, 3.8) is 0 Å². The number of carbonyl (C=O) groups is 1. The molecule has 0 aromatic carbocycles. The molecule has 0 aliphatic carbocycles. The molecule has 4 heteroatoms. The van der Waals surface area contributed by atoms with Crippen LogP contribution in [-0.2, 0) is 4.74 Å². The van der Waals surface area contributed by atoms with Crippen LogP contribution in [0.5, 0.6) is 0 Å². The fraction of sp³-hybridized carbons (Fsp3) is 0.900. The molecule has 0 aliphatic heterocycles. The van der Waals surface area contributed by atoms with Crippen molar-refractivity contribution in [2.45, 2.75) is 52.9 Å². The Morgan fingerprint density at radius 3 is 2.29 bits per heavy atom. The molecule has 84 valence electrons. The van der Waals surface area contributed by atoms with E-state index >= 15 is 0 Å². The molecule has 0 fully saturated rings. The number of amides is 1. The molecule has 0 radical (unpaired) electrons. The molecule has 14 heavy (non-hydrogen) atoms. The second kappa shape index (κ2) is 5.17. The van der Waals surface area contributed by atoms with Crippen molar-refractivity contribution in [3.8, 4) is 0 Å². The van der Waals surface area contributed by atoms with Crippen LogP contribution in [0, 0.1) is 0 Å². The van der Waals surface area contributed by atoms with Gasteiger partial charge >= 0.3 is 6.09 Å². The van der Waals surface area contributed by atoms with Gasteiger partial charge in [0.25, 0.3) is 0 Å². The Labute approximate surface area is 85.2 Å². The maximum absolute atomic E-state index is 13.0. The monoisotopic (exact) mass is 205 g/mol. The standard InChI is InChI=1S/C10H20FNO2/c1-6-7-12(8(2)11)9(13)14-10(3,4)5/h8H,6-7H2,1-5H3. The highest BCUT2D eigenvalue weighted by molar-refractivity contribution is 5.68. The topological polar surface area (TPSA) is 29.5 Å². The third kappa shape index (κ3) is 5.04. The summed E-state index contributed by atoms with van der Waals surface area (Å²) in [6.45, 7) is 8.89. The number of hydrogen-bond acceptors (Lipinski definition) is 2. The summed E-state index contributed by atoms with van der Waals surface area (Å²) in [5.41, 5.74) is -0.571. The van der Waals surface area contributed by atoms with Gasteiger partial charge in [0.1, 0.15) is 5.60 Å². The van der Waals surface area contributed by atoms with Gasteiger partial charge in [-0.05, 0) is 34.1 Å². The van der Waals surface area contributed by atoms with Gasteiger partial charge in [-0.25, -0.2) is 9.18 Å². The first-order chi connectivity index (χ1) is 6.28. The summed E-state index contributed by atoms with van der Waals surface area (Å²) in [6.07, 6.45) is -1.17. The van der Waals surface area contributed by atoms with Gasteiger partial charge in [-0.15, -0.1) is 0 Å². The summed E-state index contributed by atoms with van der Waals surface area (Å²) in [7, 11) is 0. The van der Waals surface area contributed by atoms with Crippen LogP contribution in [0.2, 0.25) is 0 Å². The molecule has 0 heterocycles. The molecule has 0 saturated heterocycles. The zero-order valence-corrected chi connectivity index (χ0v) is 9.63. The number of ether oxygens (including phenoxy) is 1. The summed E-state index contributed by atoms with van der Waals surface area (Å²) in [5.74, 6) is 0. The number of hydrogen-bond donors (Lipinski definition) is 0. The van der Waals surface area contributed by atoms with Crippen molar-refractivity contribution in [1.82, 2.24) is 4.90 Å². The van der Waals surface area contributed by atoms with Crippen LogP contribution < -0.4 is 0 Å². The predicted molar refractivity (Wildman–Crippen MR) is 53.8 cm³/mol. The normalized spacial score (nSPS) is 13.6. The minimum absolute atomic E-state index is 0.382. The van der Waals surface area contributed by atoms with E-state index in [0.717, 1.165) is 4.90 Å². The van der Waals surface area contributed by atoms with Crippen LogP contribution in [-0.4, -0.2) is 29.4 Å². The van der Waals surface area contributed by atoms with Gasteiger partial charge in [-0.3, -0.25) is 4.90 Å². The van der Waals surface area contributed by atoms with Gasteiger partial charge in [-0.2, -0.15) is 0 Å².